The highest BCUT2D eigenvalue weighted by atomic mass is 79.9. The average Bonchev–Trinajstić information content (AvgIpc) is 2.85. The van der Waals surface area contributed by atoms with Crippen LogP contribution in [0.5, 0.6) is 0 Å². The van der Waals surface area contributed by atoms with Crippen LogP contribution in [0.15, 0.2) is 17.0 Å². The van der Waals surface area contributed by atoms with Gasteiger partial charge in [-0.1, -0.05) is 17.4 Å². The molecular formula is C7H7BrN6O. The van der Waals surface area contributed by atoms with Crippen LogP contribution < -0.4 is 0 Å². The number of hydrogen-bond acceptors (Lipinski definition) is 5. The Morgan fingerprint density at radius 2 is 2.33 bits per heavy atom. The Bertz CT molecular complexity index is 476. The summed E-state index contributed by atoms with van der Waals surface area (Å²) in [5.74, 6) is 0. The highest BCUT2D eigenvalue weighted by molar-refractivity contribution is 9.10. The normalized spacial score (nSPS) is 10.5. The molecule has 0 atom stereocenters. The minimum Gasteiger partial charge on any atom is -0.243 e. The van der Waals surface area contributed by atoms with E-state index in [1.807, 2.05) is 6.92 Å². The van der Waals surface area contributed by atoms with Gasteiger partial charge in [-0.2, -0.15) is 9.36 Å². The Balaban J connectivity index is 2.38. The zero-order chi connectivity index (χ0) is 10.8. The van der Waals surface area contributed by atoms with Crippen LogP contribution in [-0.4, -0.2) is 36.0 Å². The maximum absolute atomic E-state index is 11.7. The zero-order valence-electron chi connectivity index (χ0n) is 7.83. The topological polar surface area (TPSA) is 78.5 Å². The van der Waals surface area contributed by atoms with Gasteiger partial charge in [0.25, 0.3) is 0 Å². The molecule has 0 aromatic carbocycles. The Labute approximate surface area is 93.2 Å². The minimum atomic E-state index is -0.424. The highest BCUT2D eigenvalue weighted by Gasteiger charge is 2.16. The summed E-state index contributed by atoms with van der Waals surface area (Å²) in [6.45, 7) is 1.93. The van der Waals surface area contributed by atoms with Gasteiger partial charge in [-0.3, -0.25) is 0 Å². The number of aromatic nitrogens is 6. The lowest BCUT2D eigenvalue weighted by molar-refractivity contribution is 0.236. The average molecular weight is 271 g/mol. The van der Waals surface area contributed by atoms with E-state index in [9.17, 15) is 4.79 Å². The zero-order valence-corrected chi connectivity index (χ0v) is 9.42. The molecule has 0 unspecified atom stereocenters. The molecular weight excluding hydrogens is 264 g/mol. The van der Waals surface area contributed by atoms with Crippen molar-refractivity contribution >= 4 is 22.0 Å². The number of carbonyl (C=O) groups is 1. The summed E-state index contributed by atoms with van der Waals surface area (Å²) in [6.07, 6.45) is 3.57. The molecule has 0 saturated heterocycles. The molecule has 0 aliphatic carbocycles. The molecule has 0 aliphatic heterocycles. The number of rotatable bonds is 1. The van der Waals surface area contributed by atoms with Gasteiger partial charge in [0.15, 0.2) is 0 Å². The fourth-order valence-corrected chi connectivity index (χ4v) is 1.63. The van der Waals surface area contributed by atoms with E-state index in [2.05, 4.69) is 36.6 Å². The van der Waals surface area contributed by atoms with Crippen molar-refractivity contribution in [3.8, 4) is 0 Å². The summed E-state index contributed by atoms with van der Waals surface area (Å²) in [4.78, 5) is 11.7. The SMILES string of the molecule is CCc1nnn(C(=O)n2ccnn2)c1Br. The molecule has 8 heteroatoms. The highest BCUT2D eigenvalue weighted by Crippen LogP contribution is 2.14. The van der Waals surface area contributed by atoms with Gasteiger partial charge < -0.3 is 0 Å². The molecule has 2 heterocycles. The summed E-state index contributed by atoms with van der Waals surface area (Å²) in [7, 11) is 0. The molecule has 0 spiro atoms. The molecule has 0 N–H and O–H groups in total. The van der Waals surface area contributed by atoms with Gasteiger partial charge in [0.2, 0.25) is 0 Å². The third-order valence-electron chi connectivity index (χ3n) is 1.81. The number of hydrogen-bond donors (Lipinski definition) is 0. The molecule has 2 rings (SSSR count). The van der Waals surface area contributed by atoms with E-state index < -0.39 is 6.03 Å². The molecule has 0 bridgehead atoms. The van der Waals surface area contributed by atoms with E-state index in [-0.39, 0.29) is 0 Å². The monoisotopic (exact) mass is 270 g/mol. The molecule has 0 fully saturated rings. The summed E-state index contributed by atoms with van der Waals surface area (Å²) < 4.78 is 2.76. The third-order valence-corrected chi connectivity index (χ3v) is 2.61. The summed E-state index contributed by atoms with van der Waals surface area (Å²) >= 11 is 3.25. The minimum absolute atomic E-state index is 0.424. The lowest BCUT2D eigenvalue weighted by atomic mass is 10.4. The van der Waals surface area contributed by atoms with Crippen molar-refractivity contribution < 1.29 is 4.79 Å². The largest absolute Gasteiger partial charge is 0.373 e. The number of nitrogens with zero attached hydrogens (tertiary/aromatic N) is 6. The Morgan fingerprint density at radius 3 is 2.87 bits per heavy atom. The molecule has 0 saturated carbocycles. The second-order valence-electron chi connectivity index (χ2n) is 2.72. The standard InChI is InChI=1S/C7H7BrN6O/c1-2-5-6(8)14(12-10-5)7(15)13-4-3-9-11-13/h3-4H,2H2,1H3. The predicted octanol–water partition coefficient (Wildman–Crippen LogP) is 0.711. The first-order chi connectivity index (χ1) is 7.24. The van der Waals surface area contributed by atoms with Crippen molar-refractivity contribution in [2.24, 2.45) is 0 Å². The van der Waals surface area contributed by atoms with Crippen LogP contribution in [0.4, 0.5) is 4.79 Å². The Morgan fingerprint density at radius 1 is 1.53 bits per heavy atom. The molecule has 78 valence electrons. The Hall–Kier alpha value is -1.57. The van der Waals surface area contributed by atoms with Gasteiger partial charge in [0.05, 0.1) is 18.1 Å². The van der Waals surface area contributed by atoms with E-state index >= 15 is 0 Å². The van der Waals surface area contributed by atoms with Crippen LogP contribution in [-0.2, 0) is 6.42 Å². The van der Waals surface area contributed by atoms with Crippen molar-refractivity contribution in [1.82, 2.24) is 30.0 Å². The molecule has 0 aliphatic rings. The van der Waals surface area contributed by atoms with Crippen LogP contribution in [0, 0.1) is 0 Å². The van der Waals surface area contributed by atoms with Gasteiger partial charge in [0.1, 0.15) is 4.60 Å². The van der Waals surface area contributed by atoms with Crippen molar-refractivity contribution in [2.45, 2.75) is 13.3 Å². The second-order valence-corrected chi connectivity index (χ2v) is 3.47. The summed E-state index contributed by atoms with van der Waals surface area (Å²) in [5, 5.41) is 14.7. The smallest absolute Gasteiger partial charge is 0.243 e. The number of halogens is 1. The van der Waals surface area contributed by atoms with Crippen LogP contribution in [0.25, 0.3) is 0 Å². The lowest BCUT2D eigenvalue weighted by Crippen LogP contribution is -2.21. The van der Waals surface area contributed by atoms with Crippen molar-refractivity contribution in [3.63, 3.8) is 0 Å². The van der Waals surface area contributed by atoms with Gasteiger partial charge in [-0.15, -0.1) is 10.2 Å². The van der Waals surface area contributed by atoms with E-state index in [4.69, 9.17) is 0 Å². The number of aryl methyl sites for hydroxylation is 1. The lowest BCUT2D eigenvalue weighted by Gasteiger charge is -1.98. The third kappa shape index (κ3) is 1.67. The van der Waals surface area contributed by atoms with Gasteiger partial charge in [-0.05, 0) is 22.4 Å². The molecule has 7 nitrogen and oxygen atoms in total. The van der Waals surface area contributed by atoms with Crippen LogP contribution in [0.3, 0.4) is 0 Å². The molecule has 15 heavy (non-hydrogen) atoms. The first-order valence-corrected chi connectivity index (χ1v) is 5.04. The van der Waals surface area contributed by atoms with Gasteiger partial charge in [-0.25, -0.2) is 4.79 Å². The molecule has 2 aromatic rings. The first-order valence-electron chi connectivity index (χ1n) is 4.25. The fourth-order valence-electron chi connectivity index (χ4n) is 1.05. The first kappa shape index (κ1) is 9.97. The summed E-state index contributed by atoms with van der Waals surface area (Å²) in [6, 6.07) is -0.424. The van der Waals surface area contributed by atoms with Crippen molar-refractivity contribution in [3.05, 3.63) is 22.7 Å². The quantitative estimate of drug-likeness (QED) is 0.763. The van der Waals surface area contributed by atoms with Gasteiger partial charge >= 0.3 is 6.03 Å². The van der Waals surface area contributed by atoms with E-state index in [0.717, 1.165) is 15.1 Å². The van der Waals surface area contributed by atoms with E-state index in [1.54, 1.807) is 0 Å². The van der Waals surface area contributed by atoms with Crippen LogP contribution in [0.1, 0.15) is 12.6 Å². The summed E-state index contributed by atoms with van der Waals surface area (Å²) in [5.41, 5.74) is 0.725. The second kappa shape index (κ2) is 3.89. The Kier molecular flexibility index (Phi) is 2.58. The maximum Gasteiger partial charge on any atom is 0.373 e. The molecule has 2 aromatic heterocycles. The van der Waals surface area contributed by atoms with E-state index in [1.165, 1.54) is 12.4 Å². The fraction of sp³-hybridized carbons (Fsp3) is 0.286. The predicted molar refractivity (Wildman–Crippen MR) is 53.3 cm³/mol. The van der Waals surface area contributed by atoms with Crippen molar-refractivity contribution in [2.75, 3.05) is 0 Å². The van der Waals surface area contributed by atoms with Gasteiger partial charge in [0, 0.05) is 0 Å². The van der Waals surface area contributed by atoms with E-state index in [0.29, 0.717) is 11.0 Å². The molecule has 0 amide bonds. The van der Waals surface area contributed by atoms with Crippen LogP contribution in [0.2, 0.25) is 0 Å². The van der Waals surface area contributed by atoms with Crippen molar-refractivity contribution in [1.29, 1.82) is 0 Å². The van der Waals surface area contributed by atoms with Crippen LogP contribution >= 0.6 is 15.9 Å². The molecule has 0 radical (unpaired) electrons. The maximum atomic E-state index is 11.7. The number of carbonyl (C=O) groups excluding carboxylic acids is 1.